The molecule has 0 fully saturated rings. The van der Waals surface area contributed by atoms with Crippen LogP contribution in [0, 0.1) is 0 Å². The highest BCUT2D eigenvalue weighted by Crippen LogP contribution is 2.30. The van der Waals surface area contributed by atoms with E-state index in [1.54, 1.807) is 0 Å². The SMILES string of the molecule is CCc1nn(C)c(CC(CO)c2ccccc2Br)c1Cl. The molecule has 5 heteroatoms. The number of aryl methyl sites for hydroxylation is 2. The van der Waals surface area contributed by atoms with Crippen LogP contribution < -0.4 is 0 Å². The minimum absolute atomic E-state index is 0.00295. The Labute approximate surface area is 132 Å². The molecule has 1 N–H and O–H groups in total. The Kier molecular flexibility index (Phi) is 5.24. The van der Waals surface area contributed by atoms with Gasteiger partial charge in [-0.05, 0) is 24.5 Å². The summed E-state index contributed by atoms with van der Waals surface area (Å²) in [6.45, 7) is 2.11. The Morgan fingerprint density at radius 2 is 2.10 bits per heavy atom. The maximum atomic E-state index is 9.72. The fraction of sp³-hybridized carbons (Fsp3) is 0.400. The molecular weight excluding hydrogens is 340 g/mol. The molecule has 1 aromatic heterocycles. The van der Waals surface area contributed by atoms with Gasteiger partial charge in [-0.2, -0.15) is 5.10 Å². The van der Waals surface area contributed by atoms with E-state index < -0.39 is 0 Å². The number of hydrogen-bond donors (Lipinski definition) is 1. The van der Waals surface area contributed by atoms with Crippen LogP contribution in [0.15, 0.2) is 28.7 Å². The molecule has 1 unspecified atom stereocenters. The van der Waals surface area contributed by atoms with Crippen molar-refractivity contribution in [1.82, 2.24) is 9.78 Å². The van der Waals surface area contributed by atoms with Crippen molar-refractivity contribution in [2.45, 2.75) is 25.7 Å². The lowest BCUT2D eigenvalue weighted by molar-refractivity contribution is 0.262. The molecule has 2 rings (SSSR count). The van der Waals surface area contributed by atoms with Crippen LogP contribution in [-0.4, -0.2) is 21.5 Å². The summed E-state index contributed by atoms with van der Waals surface area (Å²) in [7, 11) is 1.90. The van der Waals surface area contributed by atoms with E-state index in [-0.39, 0.29) is 12.5 Å². The molecule has 108 valence electrons. The Hall–Kier alpha value is -0.840. The van der Waals surface area contributed by atoms with Gasteiger partial charge in [0.2, 0.25) is 0 Å². The van der Waals surface area contributed by atoms with Crippen LogP contribution in [-0.2, 0) is 19.9 Å². The van der Waals surface area contributed by atoms with Crippen molar-refractivity contribution >= 4 is 27.5 Å². The van der Waals surface area contributed by atoms with Gasteiger partial charge in [0.1, 0.15) is 0 Å². The molecule has 0 saturated heterocycles. The molecular formula is C15H18BrClN2O. The molecule has 2 aromatic rings. The third-order valence-corrected chi connectivity index (χ3v) is 4.67. The minimum atomic E-state index is 0.00295. The molecule has 0 saturated carbocycles. The molecule has 0 bridgehead atoms. The second kappa shape index (κ2) is 6.74. The summed E-state index contributed by atoms with van der Waals surface area (Å²) >= 11 is 9.92. The summed E-state index contributed by atoms with van der Waals surface area (Å²) in [5.74, 6) is 0.00295. The summed E-state index contributed by atoms with van der Waals surface area (Å²) in [4.78, 5) is 0. The van der Waals surface area contributed by atoms with Crippen LogP contribution in [0.1, 0.15) is 29.8 Å². The number of benzene rings is 1. The van der Waals surface area contributed by atoms with Crippen molar-refractivity contribution in [3.8, 4) is 0 Å². The van der Waals surface area contributed by atoms with E-state index in [1.165, 1.54) is 0 Å². The molecule has 0 aliphatic carbocycles. The number of hydrogen-bond acceptors (Lipinski definition) is 2. The number of rotatable bonds is 5. The average molecular weight is 358 g/mol. The maximum Gasteiger partial charge on any atom is 0.0849 e. The highest BCUT2D eigenvalue weighted by atomic mass is 79.9. The first kappa shape index (κ1) is 15.5. The zero-order chi connectivity index (χ0) is 14.7. The van der Waals surface area contributed by atoms with Crippen LogP contribution in [0.5, 0.6) is 0 Å². The first-order valence-electron chi connectivity index (χ1n) is 6.64. The standard InChI is InChI=1S/C15H18BrClN2O/c1-3-13-15(17)14(19(2)18-13)8-10(9-20)11-6-4-5-7-12(11)16/h4-7,10,20H,3,8-9H2,1-2H3. The summed E-state index contributed by atoms with van der Waals surface area (Å²) < 4.78 is 2.83. The molecule has 1 heterocycles. The highest BCUT2D eigenvalue weighted by molar-refractivity contribution is 9.10. The molecule has 0 radical (unpaired) electrons. The lowest BCUT2D eigenvalue weighted by atomic mass is 9.95. The van der Waals surface area contributed by atoms with Gasteiger partial charge in [0.05, 0.1) is 23.0 Å². The second-order valence-electron chi connectivity index (χ2n) is 4.79. The van der Waals surface area contributed by atoms with Crippen LogP contribution in [0.3, 0.4) is 0 Å². The van der Waals surface area contributed by atoms with Gasteiger partial charge in [0.15, 0.2) is 0 Å². The fourth-order valence-corrected chi connectivity index (χ4v) is 3.33. The van der Waals surface area contributed by atoms with Crippen molar-refractivity contribution in [3.63, 3.8) is 0 Å². The molecule has 0 aliphatic rings. The third-order valence-electron chi connectivity index (χ3n) is 3.51. The summed E-state index contributed by atoms with van der Waals surface area (Å²) in [6.07, 6.45) is 1.48. The predicted octanol–water partition coefficient (Wildman–Crippen LogP) is 3.72. The zero-order valence-electron chi connectivity index (χ0n) is 11.6. The van der Waals surface area contributed by atoms with E-state index in [2.05, 4.69) is 21.0 Å². The van der Waals surface area contributed by atoms with Gasteiger partial charge < -0.3 is 5.11 Å². The van der Waals surface area contributed by atoms with Gasteiger partial charge in [-0.25, -0.2) is 0 Å². The van der Waals surface area contributed by atoms with Gasteiger partial charge in [-0.1, -0.05) is 52.7 Å². The summed E-state index contributed by atoms with van der Waals surface area (Å²) in [5, 5.41) is 14.9. The van der Waals surface area contributed by atoms with E-state index in [0.29, 0.717) is 6.42 Å². The smallest absolute Gasteiger partial charge is 0.0849 e. The largest absolute Gasteiger partial charge is 0.396 e. The number of nitrogens with zero attached hydrogens (tertiary/aromatic N) is 2. The minimum Gasteiger partial charge on any atom is -0.396 e. The molecule has 0 amide bonds. The van der Waals surface area contributed by atoms with Gasteiger partial charge >= 0.3 is 0 Å². The molecule has 3 nitrogen and oxygen atoms in total. The van der Waals surface area contributed by atoms with Gasteiger partial charge in [-0.3, -0.25) is 4.68 Å². The van der Waals surface area contributed by atoms with Crippen LogP contribution in [0.4, 0.5) is 0 Å². The molecule has 0 spiro atoms. The van der Waals surface area contributed by atoms with Crippen molar-refractivity contribution in [1.29, 1.82) is 0 Å². The second-order valence-corrected chi connectivity index (χ2v) is 6.02. The van der Waals surface area contributed by atoms with Crippen LogP contribution in [0.2, 0.25) is 5.02 Å². The van der Waals surface area contributed by atoms with E-state index in [9.17, 15) is 5.11 Å². The van der Waals surface area contributed by atoms with Gasteiger partial charge in [0.25, 0.3) is 0 Å². The van der Waals surface area contributed by atoms with E-state index in [0.717, 1.165) is 32.9 Å². The van der Waals surface area contributed by atoms with Gasteiger partial charge in [0, 0.05) is 17.4 Å². The fourth-order valence-electron chi connectivity index (χ4n) is 2.35. The predicted molar refractivity (Wildman–Crippen MR) is 85.3 cm³/mol. The number of aliphatic hydroxyl groups is 1. The number of aliphatic hydroxyl groups excluding tert-OH is 1. The lowest BCUT2D eigenvalue weighted by Crippen LogP contribution is -2.11. The monoisotopic (exact) mass is 356 g/mol. The average Bonchev–Trinajstić information content (AvgIpc) is 2.72. The third kappa shape index (κ3) is 3.08. The maximum absolute atomic E-state index is 9.72. The van der Waals surface area contributed by atoms with Crippen molar-refractivity contribution in [3.05, 3.63) is 50.7 Å². The molecule has 1 aromatic carbocycles. The topological polar surface area (TPSA) is 38.0 Å². The summed E-state index contributed by atoms with van der Waals surface area (Å²) in [6, 6.07) is 7.95. The molecule has 1 atom stereocenters. The Balaban J connectivity index is 2.32. The normalized spacial score (nSPS) is 12.7. The number of halogens is 2. The van der Waals surface area contributed by atoms with E-state index in [1.807, 2.05) is 42.9 Å². The highest BCUT2D eigenvalue weighted by Gasteiger charge is 2.20. The molecule has 20 heavy (non-hydrogen) atoms. The van der Waals surface area contributed by atoms with E-state index >= 15 is 0 Å². The Morgan fingerprint density at radius 1 is 1.40 bits per heavy atom. The number of aromatic nitrogens is 2. The van der Waals surface area contributed by atoms with Crippen LogP contribution >= 0.6 is 27.5 Å². The quantitative estimate of drug-likeness (QED) is 0.885. The Morgan fingerprint density at radius 3 is 2.65 bits per heavy atom. The first-order valence-corrected chi connectivity index (χ1v) is 7.81. The van der Waals surface area contributed by atoms with Crippen molar-refractivity contribution < 1.29 is 5.11 Å². The lowest BCUT2D eigenvalue weighted by Gasteiger charge is -2.16. The first-order chi connectivity index (χ1) is 9.58. The van der Waals surface area contributed by atoms with Crippen molar-refractivity contribution in [2.75, 3.05) is 6.61 Å². The van der Waals surface area contributed by atoms with Crippen molar-refractivity contribution in [2.24, 2.45) is 7.05 Å². The van der Waals surface area contributed by atoms with Crippen LogP contribution in [0.25, 0.3) is 0 Å². The Bertz CT molecular complexity index is 598. The molecule has 0 aliphatic heterocycles. The van der Waals surface area contributed by atoms with Gasteiger partial charge in [-0.15, -0.1) is 0 Å². The zero-order valence-corrected chi connectivity index (χ0v) is 13.9. The summed E-state index contributed by atoms with van der Waals surface area (Å²) in [5.41, 5.74) is 2.97. The van der Waals surface area contributed by atoms with E-state index in [4.69, 9.17) is 11.6 Å².